The van der Waals surface area contributed by atoms with Gasteiger partial charge in [-0.1, -0.05) is 0 Å². The summed E-state index contributed by atoms with van der Waals surface area (Å²) in [6.07, 6.45) is 2.14. The molecule has 0 bridgehead atoms. The highest BCUT2D eigenvalue weighted by atomic mass is 16.3. The highest BCUT2D eigenvalue weighted by molar-refractivity contribution is 5.34. The van der Waals surface area contributed by atoms with Gasteiger partial charge in [0.15, 0.2) is 5.82 Å². The highest BCUT2D eigenvalue weighted by Crippen LogP contribution is 2.27. The number of hydrogen-bond donors (Lipinski definition) is 1. The number of rotatable bonds is 3. The van der Waals surface area contributed by atoms with Crippen LogP contribution < -0.4 is 4.90 Å². The van der Waals surface area contributed by atoms with Crippen molar-refractivity contribution in [1.29, 1.82) is 0 Å². The van der Waals surface area contributed by atoms with Crippen molar-refractivity contribution in [1.82, 2.24) is 24.7 Å². The number of aliphatic hydroxyl groups excluding tert-OH is 1. The molecule has 22 heavy (non-hydrogen) atoms. The molecule has 1 N–H and O–H groups in total. The summed E-state index contributed by atoms with van der Waals surface area (Å²) in [5, 5.41) is 17.6. The molecule has 3 rings (SSSR count). The van der Waals surface area contributed by atoms with Crippen molar-refractivity contribution in [3.05, 3.63) is 29.1 Å². The van der Waals surface area contributed by atoms with Gasteiger partial charge in [-0.15, -0.1) is 10.2 Å². The first-order valence-electron chi connectivity index (χ1n) is 7.64. The predicted molar refractivity (Wildman–Crippen MR) is 82.6 cm³/mol. The lowest BCUT2D eigenvalue weighted by molar-refractivity contribution is 0.266. The molecule has 7 nitrogen and oxygen atoms in total. The van der Waals surface area contributed by atoms with Crippen molar-refractivity contribution in [3.63, 3.8) is 0 Å². The van der Waals surface area contributed by atoms with Crippen LogP contribution in [0.3, 0.4) is 0 Å². The maximum atomic E-state index is 9.27. The summed E-state index contributed by atoms with van der Waals surface area (Å²) in [6.45, 7) is 5.70. The molecule has 1 aliphatic heterocycles. The Morgan fingerprint density at radius 1 is 1.23 bits per heavy atom. The summed E-state index contributed by atoms with van der Waals surface area (Å²) in [4.78, 5) is 11.3. The lowest BCUT2D eigenvalue weighted by atomic mass is 9.97. The molecular formula is C15H22N6O. The van der Waals surface area contributed by atoms with Gasteiger partial charge in [0.2, 0.25) is 5.95 Å². The van der Waals surface area contributed by atoms with Crippen molar-refractivity contribution in [3.8, 4) is 0 Å². The molecule has 0 amide bonds. The zero-order valence-electron chi connectivity index (χ0n) is 13.3. The first-order chi connectivity index (χ1) is 10.6. The predicted octanol–water partition coefficient (Wildman–Crippen LogP) is 1.10. The van der Waals surface area contributed by atoms with E-state index in [1.807, 2.05) is 31.5 Å². The van der Waals surface area contributed by atoms with E-state index in [-0.39, 0.29) is 12.5 Å². The number of piperidine rings is 1. The number of aryl methyl sites for hydroxylation is 2. The van der Waals surface area contributed by atoms with E-state index in [2.05, 4.69) is 25.1 Å². The third-order valence-electron chi connectivity index (χ3n) is 4.18. The fraction of sp³-hybridized carbons (Fsp3) is 0.600. The lowest BCUT2D eigenvalue weighted by Gasteiger charge is -2.32. The Kier molecular flexibility index (Phi) is 4.06. The first kappa shape index (κ1) is 14.9. The Bertz CT molecular complexity index is 648. The maximum absolute atomic E-state index is 9.27. The summed E-state index contributed by atoms with van der Waals surface area (Å²) in [5.74, 6) is 2.62. The number of nitrogens with zero attached hydrogens (tertiary/aromatic N) is 6. The maximum Gasteiger partial charge on any atom is 0.225 e. The van der Waals surface area contributed by atoms with Gasteiger partial charge in [-0.3, -0.25) is 0 Å². The van der Waals surface area contributed by atoms with E-state index in [4.69, 9.17) is 0 Å². The molecule has 7 heteroatoms. The average Bonchev–Trinajstić information content (AvgIpc) is 2.87. The van der Waals surface area contributed by atoms with E-state index < -0.39 is 0 Å². The molecule has 0 aromatic carbocycles. The Morgan fingerprint density at radius 2 is 1.95 bits per heavy atom. The molecule has 0 spiro atoms. The minimum atomic E-state index is -0.0832. The van der Waals surface area contributed by atoms with Crippen LogP contribution in [0.5, 0.6) is 0 Å². The molecule has 0 radical (unpaired) electrons. The molecule has 0 aliphatic carbocycles. The lowest BCUT2D eigenvalue weighted by Crippen LogP contribution is -2.36. The molecule has 1 atom stereocenters. The van der Waals surface area contributed by atoms with E-state index in [0.29, 0.717) is 5.82 Å². The van der Waals surface area contributed by atoms with Crippen molar-refractivity contribution in [2.45, 2.75) is 39.2 Å². The van der Waals surface area contributed by atoms with E-state index in [9.17, 15) is 5.11 Å². The van der Waals surface area contributed by atoms with Gasteiger partial charge in [0.05, 0.1) is 0 Å². The monoisotopic (exact) mass is 302 g/mol. The van der Waals surface area contributed by atoms with Crippen LogP contribution in [-0.2, 0) is 13.7 Å². The Balaban J connectivity index is 1.83. The highest BCUT2D eigenvalue weighted by Gasteiger charge is 2.27. The van der Waals surface area contributed by atoms with E-state index in [1.165, 1.54) is 0 Å². The van der Waals surface area contributed by atoms with Crippen LogP contribution >= 0.6 is 0 Å². The van der Waals surface area contributed by atoms with Gasteiger partial charge >= 0.3 is 0 Å². The second-order valence-electron chi connectivity index (χ2n) is 5.93. The van der Waals surface area contributed by atoms with E-state index in [1.54, 1.807) is 0 Å². The van der Waals surface area contributed by atoms with Crippen molar-refractivity contribution < 1.29 is 5.11 Å². The van der Waals surface area contributed by atoms with Crippen molar-refractivity contribution in [2.75, 3.05) is 18.0 Å². The smallest absolute Gasteiger partial charge is 0.225 e. The summed E-state index contributed by atoms with van der Waals surface area (Å²) in [6, 6.07) is 1.99. The second-order valence-corrected chi connectivity index (χ2v) is 5.93. The standard InChI is InChI=1S/C15H22N6O/c1-10-7-11(2)17-15(16-10)21-6-4-5-12(8-21)14-19-18-13(9-22)20(14)3/h7,12,22H,4-6,8-9H2,1-3H3. The summed E-state index contributed by atoms with van der Waals surface area (Å²) in [7, 11) is 1.91. The average molecular weight is 302 g/mol. The fourth-order valence-corrected chi connectivity index (χ4v) is 3.09. The van der Waals surface area contributed by atoms with E-state index in [0.717, 1.165) is 49.1 Å². The molecule has 1 saturated heterocycles. The Morgan fingerprint density at radius 3 is 2.59 bits per heavy atom. The molecule has 3 heterocycles. The Hall–Kier alpha value is -2.02. The van der Waals surface area contributed by atoms with Crippen LogP contribution in [0.15, 0.2) is 6.07 Å². The number of aromatic nitrogens is 5. The van der Waals surface area contributed by atoms with Crippen LogP contribution in [0, 0.1) is 13.8 Å². The van der Waals surface area contributed by atoms with Crippen LogP contribution in [-0.4, -0.2) is 42.9 Å². The van der Waals surface area contributed by atoms with Gasteiger partial charge in [0.25, 0.3) is 0 Å². The van der Waals surface area contributed by atoms with Crippen molar-refractivity contribution >= 4 is 5.95 Å². The van der Waals surface area contributed by atoms with Gasteiger partial charge in [0.1, 0.15) is 12.4 Å². The summed E-state index contributed by atoms with van der Waals surface area (Å²) in [5.41, 5.74) is 1.98. The number of hydrogen-bond acceptors (Lipinski definition) is 6. The van der Waals surface area contributed by atoms with E-state index >= 15 is 0 Å². The number of anilines is 1. The molecule has 1 aliphatic rings. The van der Waals surface area contributed by atoms with Gasteiger partial charge in [-0.05, 0) is 32.8 Å². The van der Waals surface area contributed by atoms with Gasteiger partial charge in [0, 0.05) is 37.4 Å². The largest absolute Gasteiger partial charge is 0.388 e. The zero-order valence-corrected chi connectivity index (χ0v) is 13.3. The minimum absolute atomic E-state index is 0.0832. The number of aliphatic hydroxyl groups is 1. The fourth-order valence-electron chi connectivity index (χ4n) is 3.09. The topological polar surface area (TPSA) is 80.0 Å². The normalized spacial score (nSPS) is 18.7. The molecular weight excluding hydrogens is 280 g/mol. The SMILES string of the molecule is Cc1cc(C)nc(N2CCCC(c3nnc(CO)n3C)C2)n1. The third kappa shape index (κ3) is 2.81. The molecule has 1 fully saturated rings. The van der Waals surface area contributed by atoms with Crippen LogP contribution in [0.1, 0.15) is 41.8 Å². The molecule has 118 valence electrons. The quantitative estimate of drug-likeness (QED) is 0.914. The summed E-state index contributed by atoms with van der Waals surface area (Å²) < 4.78 is 1.90. The van der Waals surface area contributed by atoms with Gasteiger partial charge in [-0.2, -0.15) is 0 Å². The van der Waals surface area contributed by atoms with Crippen LogP contribution in [0.2, 0.25) is 0 Å². The molecule has 2 aromatic heterocycles. The molecule has 2 aromatic rings. The molecule has 1 unspecified atom stereocenters. The van der Waals surface area contributed by atoms with Gasteiger partial charge in [-0.25, -0.2) is 9.97 Å². The molecule has 0 saturated carbocycles. The zero-order chi connectivity index (χ0) is 15.7. The van der Waals surface area contributed by atoms with Crippen molar-refractivity contribution in [2.24, 2.45) is 7.05 Å². The third-order valence-corrected chi connectivity index (χ3v) is 4.18. The second kappa shape index (κ2) is 6.00. The van der Waals surface area contributed by atoms with Crippen LogP contribution in [0.25, 0.3) is 0 Å². The first-order valence-corrected chi connectivity index (χ1v) is 7.64. The Labute approximate surface area is 130 Å². The van der Waals surface area contributed by atoms with Crippen LogP contribution in [0.4, 0.5) is 5.95 Å². The minimum Gasteiger partial charge on any atom is -0.388 e. The van der Waals surface area contributed by atoms with Gasteiger partial charge < -0.3 is 14.6 Å². The summed E-state index contributed by atoms with van der Waals surface area (Å²) >= 11 is 0.